The summed E-state index contributed by atoms with van der Waals surface area (Å²) in [5, 5.41) is 0. The van der Waals surface area contributed by atoms with Gasteiger partial charge in [-0.15, -0.1) is 0 Å². The molecule has 0 aliphatic heterocycles. The monoisotopic (exact) mass is 194 g/mol. The number of allylic oxidation sites excluding steroid dienone is 1. The van der Waals surface area contributed by atoms with Crippen LogP contribution in [0.25, 0.3) is 6.08 Å². The number of Topliss-reactive ketones (excluding diaryl/α,β-unsaturated/α-hetero) is 1. The minimum Gasteiger partial charge on any atom is -0.497 e. The SMILES string of the molecule is COc1ccc(/C=C(/F)C(C)=O)cc1. The van der Waals surface area contributed by atoms with E-state index in [0.29, 0.717) is 11.3 Å². The van der Waals surface area contributed by atoms with Crippen LogP contribution in [0.3, 0.4) is 0 Å². The predicted octanol–water partition coefficient (Wildman–Crippen LogP) is 2.59. The van der Waals surface area contributed by atoms with Crippen LogP contribution < -0.4 is 4.74 Å². The van der Waals surface area contributed by atoms with Gasteiger partial charge in [0, 0.05) is 6.92 Å². The van der Waals surface area contributed by atoms with Crippen molar-refractivity contribution in [1.29, 1.82) is 0 Å². The van der Waals surface area contributed by atoms with Gasteiger partial charge in [0.2, 0.25) is 0 Å². The minimum atomic E-state index is -0.741. The number of halogens is 1. The highest BCUT2D eigenvalue weighted by Crippen LogP contribution is 2.14. The van der Waals surface area contributed by atoms with E-state index in [1.54, 1.807) is 31.4 Å². The van der Waals surface area contributed by atoms with Crippen LogP contribution in [0.2, 0.25) is 0 Å². The van der Waals surface area contributed by atoms with Crippen molar-refractivity contribution in [3.8, 4) is 5.75 Å². The molecule has 0 unspecified atom stereocenters. The number of rotatable bonds is 3. The Morgan fingerprint density at radius 1 is 1.36 bits per heavy atom. The zero-order chi connectivity index (χ0) is 10.6. The maximum Gasteiger partial charge on any atom is 0.188 e. The van der Waals surface area contributed by atoms with Gasteiger partial charge in [-0.05, 0) is 23.8 Å². The van der Waals surface area contributed by atoms with E-state index in [2.05, 4.69) is 0 Å². The van der Waals surface area contributed by atoms with Crippen molar-refractivity contribution >= 4 is 11.9 Å². The van der Waals surface area contributed by atoms with E-state index in [1.807, 2.05) is 0 Å². The molecule has 0 aromatic heterocycles. The molecular formula is C11H11FO2. The summed E-state index contributed by atoms with van der Waals surface area (Å²) in [6.07, 6.45) is 1.20. The lowest BCUT2D eigenvalue weighted by molar-refractivity contribution is -0.114. The average Bonchev–Trinajstić information content (AvgIpc) is 2.19. The van der Waals surface area contributed by atoms with Crippen LogP contribution >= 0.6 is 0 Å². The molecule has 3 heteroatoms. The van der Waals surface area contributed by atoms with Crippen LogP contribution in [0.15, 0.2) is 30.1 Å². The second kappa shape index (κ2) is 4.56. The molecule has 1 aromatic carbocycles. The smallest absolute Gasteiger partial charge is 0.188 e. The van der Waals surface area contributed by atoms with Crippen molar-refractivity contribution in [2.24, 2.45) is 0 Å². The number of carbonyl (C=O) groups is 1. The Morgan fingerprint density at radius 3 is 2.36 bits per heavy atom. The van der Waals surface area contributed by atoms with E-state index >= 15 is 0 Å². The molecule has 1 aromatic rings. The third kappa shape index (κ3) is 2.69. The first-order chi connectivity index (χ1) is 6.63. The standard InChI is InChI=1S/C11H11FO2/c1-8(13)11(12)7-9-3-5-10(14-2)6-4-9/h3-7H,1-2H3/b11-7+. The molecule has 0 atom stereocenters. The molecule has 0 aliphatic carbocycles. The Labute approximate surface area is 82.0 Å². The van der Waals surface area contributed by atoms with Crippen LogP contribution in [0.4, 0.5) is 4.39 Å². The normalized spacial score (nSPS) is 11.2. The first-order valence-electron chi connectivity index (χ1n) is 4.15. The molecule has 0 bridgehead atoms. The predicted molar refractivity (Wildman–Crippen MR) is 52.8 cm³/mol. The average molecular weight is 194 g/mol. The molecule has 0 aliphatic rings. The van der Waals surface area contributed by atoms with Gasteiger partial charge < -0.3 is 4.74 Å². The van der Waals surface area contributed by atoms with Crippen molar-refractivity contribution in [3.05, 3.63) is 35.7 Å². The summed E-state index contributed by atoms with van der Waals surface area (Å²) in [4.78, 5) is 10.6. The lowest BCUT2D eigenvalue weighted by Crippen LogP contribution is -1.89. The second-order valence-electron chi connectivity index (χ2n) is 2.82. The van der Waals surface area contributed by atoms with Crippen molar-refractivity contribution in [3.63, 3.8) is 0 Å². The lowest BCUT2D eigenvalue weighted by Gasteiger charge is -1.99. The largest absolute Gasteiger partial charge is 0.497 e. The van der Waals surface area contributed by atoms with Crippen molar-refractivity contribution in [2.75, 3.05) is 7.11 Å². The number of carbonyl (C=O) groups excluding carboxylic acids is 1. The molecule has 74 valence electrons. The quantitative estimate of drug-likeness (QED) is 0.691. The summed E-state index contributed by atoms with van der Waals surface area (Å²) in [6.45, 7) is 1.19. The van der Waals surface area contributed by atoms with Crippen LogP contribution in [-0.2, 0) is 4.79 Å². The molecule has 0 spiro atoms. The van der Waals surface area contributed by atoms with Crippen molar-refractivity contribution in [1.82, 2.24) is 0 Å². The van der Waals surface area contributed by atoms with Gasteiger partial charge in [0.1, 0.15) is 5.75 Å². The Hall–Kier alpha value is -1.64. The number of hydrogen-bond donors (Lipinski definition) is 0. The zero-order valence-electron chi connectivity index (χ0n) is 8.08. The second-order valence-corrected chi connectivity index (χ2v) is 2.82. The van der Waals surface area contributed by atoms with Gasteiger partial charge in [0.05, 0.1) is 7.11 Å². The number of benzene rings is 1. The third-order valence-corrected chi connectivity index (χ3v) is 1.75. The molecule has 2 nitrogen and oxygen atoms in total. The molecule has 0 saturated carbocycles. The van der Waals surface area contributed by atoms with Gasteiger partial charge in [0.25, 0.3) is 0 Å². The van der Waals surface area contributed by atoms with E-state index in [1.165, 1.54) is 13.0 Å². The molecule has 14 heavy (non-hydrogen) atoms. The fourth-order valence-corrected chi connectivity index (χ4v) is 0.948. The topological polar surface area (TPSA) is 26.3 Å². The van der Waals surface area contributed by atoms with Crippen LogP contribution in [-0.4, -0.2) is 12.9 Å². The van der Waals surface area contributed by atoms with Crippen molar-refractivity contribution in [2.45, 2.75) is 6.92 Å². The van der Waals surface area contributed by atoms with Gasteiger partial charge in [-0.1, -0.05) is 12.1 Å². The van der Waals surface area contributed by atoms with Gasteiger partial charge in [-0.25, -0.2) is 4.39 Å². The number of methoxy groups -OCH3 is 1. The minimum absolute atomic E-state index is 0.569. The maximum atomic E-state index is 12.9. The zero-order valence-corrected chi connectivity index (χ0v) is 8.08. The Morgan fingerprint density at radius 2 is 1.93 bits per heavy atom. The summed E-state index contributed by atoms with van der Waals surface area (Å²) in [5.74, 6) is -0.610. The molecular weight excluding hydrogens is 183 g/mol. The molecule has 0 saturated heterocycles. The fourth-order valence-electron chi connectivity index (χ4n) is 0.948. The van der Waals surface area contributed by atoms with Gasteiger partial charge in [-0.3, -0.25) is 4.79 Å². The Kier molecular flexibility index (Phi) is 3.40. The molecule has 0 radical (unpaired) electrons. The van der Waals surface area contributed by atoms with Crippen LogP contribution in [0.1, 0.15) is 12.5 Å². The summed E-state index contributed by atoms with van der Waals surface area (Å²) in [5.41, 5.74) is 0.638. The molecule has 0 heterocycles. The Balaban J connectivity index is 2.88. The molecule has 1 rings (SSSR count). The number of ether oxygens (including phenoxy) is 1. The molecule has 0 fully saturated rings. The first-order valence-corrected chi connectivity index (χ1v) is 4.15. The van der Waals surface area contributed by atoms with E-state index < -0.39 is 11.6 Å². The van der Waals surface area contributed by atoms with E-state index in [0.717, 1.165) is 0 Å². The maximum absolute atomic E-state index is 12.9. The highest BCUT2D eigenvalue weighted by atomic mass is 19.1. The molecule has 0 N–H and O–H groups in total. The Bertz CT molecular complexity index is 352. The number of ketones is 1. The highest BCUT2D eigenvalue weighted by molar-refractivity contribution is 5.95. The van der Waals surface area contributed by atoms with E-state index in [9.17, 15) is 9.18 Å². The van der Waals surface area contributed by atoms with E-state index in [4.69, 9.17) is 4.74 Å². The lowest BCUT2D eigenvalue weighted by atomic mass is 10.2. The van der Waals surface area contributed by atoms with Crippen LogP contribution in [0.5, 0.6) is 5.75 Å². The third-order valence-electron chi connectivity index (χ3n) is 1.75. The van der Waals surface area contributed by atoms with Crippen molar-refractivity contribution < 1.29 is 13.9 Å². The fraction of sp³-hybridized carbons (Fsp3) is 0.182. The number of hydrogen-bond acceptors (Lipinski definition) is 2. The molecule has 0 amide bonds. The van der Waals surface area contributed by atoms with Gasteiger partial charge in [0.15, 0.2) is 11.6 Å². The van der Waals surface area contributed by atoms with E-state index in [-0.39, 0.29) is 0 Å². The summed E-state index contributed by atoms with van der Waals surface area (Å²) >= 11 is 0. The van der Waals surface area contributed by atoms with Crippen LogP contribution in [0, 0.1) is 0 Å². The summed E-state index contributed by atoms with van der Waals surface area (Å²) in [7, 11) is 1.56. The van der Waals surface area contributed by atoms with Gasteiger partial charge >= 0.3 is 0 Å². The summed E-state index contributed by atoms with van der Waals surface area (Å²) in [6, 6.07) is 6.78. The highest BCUT2D eigenvalue weighted by Gasteiger charge is 2.01. The first kappa shape index (κ1) is 10.4. The van der Waals surface area contributed by atoms with Gasteiger partial charge in [-0.2, -0.15) is 0 Å². The summed E-state index contributed by atoms with van der Waals surface area (Å²) < 4.78 is 17.8.